The van der Waals surface area contributed by atoms with Crippen LogP contribution in [0, 0.1) is 11.8 Å². The smallest absolute Gasteiger partial charge is 0.225 e. The van der Waals surface area contributed by atoms with Gasteiger partial charge < -0.3 is 20.4 Å². The molecule has 2 saturated heterocycles. The molecule has 0 radical (unpaired) electrons. The Hall–Kier alpha value is -0.570. The maximum atomic E-state index is 12.1. The molecule has 146 valence electrons. The summed E-state index contributed by atoms with van der Waals surface area (Å²) < 4.78 is 0. The molecule has 25 heavy (non-hydrogen) atoms. The van der Waals surface area contributed by atoms with Crippen LogP contribution in [0.2, 0.25) is 0 Å². The third-order valence-corrected chi connectivity index (χ3v) is 5.03. The molecule has 1 amide bonds. The van der Waals surface area contributed by atoms with E-state index in [0.717, 1.165) is 32.0 Å². The molecule has 0 saturated carbocycles. The SMILES string of the molecule is CCCN1CCC(CNC(=NC)NC2CCN(C(=O)C(C)C)C2)C1.I. The minimum atomic E-state index is 0. The second kappa shape index (κ2) is 11.2. The predicted octanol–water partition coefficient (Wildman–Crippen LogP) is 1.76. The average molecular weight is 465 g/mol. The summed E-state index contributed by atoms with van der Waals surface area (Å²) in [5.74, 6) is 1.91. The highest BCUT2D eigenvalue weighted by molar-refractivity contribution is 14.0. The van der Waals surface area contributed by atoms with Crippen molar-refractivity contribution in [3.8, 4) is 0 Å². The molecule has 2 rings (SSSR count). The number of guanidine groups is 1. The third kappa shape index (κ3) is 6.92. The van der Waals surface area contributed by atoms with Gasteiger partial charge in [-0.15, -0.1) is 24.0 Å². The molecule has 0 aromatic carbocycles. The van der Waals surface area contributed by atoms with Gasteiger partial charge in [0.1, 0.15) is 0 Å². The van der Waals surface area contributed by atoms with E-state index in [9.17, 15) is 4.79 Å². The molecule has 0 aliphatic carbocycles. The Bertz CT molecular complexity index is 443. The van der Waals surface area contributed by atoms with Crippen LogP contribution in [0.15, 0.2) is 4.99 Å². The van der Waals surface area contributed by atoms with E-state index in [1.807, 2.05) is 25.8 Å². The number of amides is 1. The fourth-order valence-electron chi connectivity index (χ4n) is 3.67. The first-order valence-corrected chi connectivity index (χ1v) is 9.51. The number of carbonyl (C=O) groups is 1. The van der Waals surface area contributed by atoms with E-state index < -0.39 is 0 Å². The van der Waals surface area contributed by atoms with Crippen LogP contribution in [0.4, 0.5) is 0 Å². The van der Waals surface area contributed by atoms with Gasteiger partial charge in [0.2, 0.25) is 5.91 Å². The van der Waals surface area contributed by atoms with Gasteiger partial charge in [0.05, 0.1) is 0 Å². The van der Waals surface area contributed by atoms with E-state index in [1.54, 1.807) is 0 Å². The molecular formula is C18H36IN5O. The highest BCUT2D eigenvalue weighted by Gasteiger charge is 2.28. The van der Waals surface area contributed by atoms with Gasteiger partial charge in [0.15, 0.2) is 5.96 Å². The molecule has 0 spiro atoms. The standard InChI is InChI=1S/C18H35N5O.HI/c1-5-8-22-9-6-15(12-22)11-20-18(19-4)21-16-7-10-23(13-16)17(24)14(2)3;/h14-16H,5-13H2,1-4H3,(H2,19,20,21);1H. The second-order valence-electron chi connectivity index (χ2n) is 7.48. The summed E-state index contributed by atoms with van der Waals surface area (Å²) in [5, 5.41) is 6.96. The fourth-order valence-corrected chi connectivity index (χ4v) is 3.67. The van der Waals surface area contributed by atoms with Crippen molar-refractivity contribution in [3.63, 3.8) is 0 Å². The number of nitrogens with zero attached hydrogens (tertiary/aromatic N) is 3. The van der Waals surface area contributed by atoms with Crippen LogP contribution in [0.25, 0.3) is 0 Å². The van der Waals surface area contributed by atoms with Crippen LogP contribution < -0.4 is 10.6 Å². The fraction of sp³-hybridized carbons (Fsp3) is 0.889. The highest BCUT2D eigenvalue weighted by atomic mass is 127. The molecule has 7 heteroatoms. The molecule has 2 heterocycles. The number of likely N-dealkylation sites (tertiary alicyclic amines) is 2. The molecule has 0 aromatic rings. The molecule has 2 fully saturated rings. The molecule has 2 N–H and O–H groups in total. The van der Waals surface area contributed by atoms with Gasteiger partial charge in [-0.3, -0.25) is 9.79 Å². The Morgan fingerprint density at radius 3 is 2.64 bits per heavy atom. The normalized spacial score (nSPS) is 24.5. The zero-order valence-corrected chi connectivity index (χ0v) is 18.6. The molecule has 0 bridgehead atoms. The Morgan fingerprint density at radius 1 is 1.24 bits per heavy atom. The van der Waals surface area contributed by atoms with Crippen molar-refractivity contribution in [2.45, 2.75) is 46.1 Å². The number of aliphatic imine (C=N–C) groups is 1. The van der Waals surface area contributed by atoms with Crippen molar-refractivity contribution in [1.29, 1.82) is 0 Å². The maximum absolute atomic E-state index is 12.1. The number of nitrogens with one attached hydrogen (secondary N) is 2. The lowest BCUT2D eigenvalue weighted by Crippen LogP contribution is -2.46. The number of hydrogen-bond acceptors (Lipinski definition) is 3. The van der Waals surface area contributed by atoms with Crippen LogP contribution >= 0.6 is 24.0 Å². The van der Waals surface area contributed by atoms with Gasteiger partial charge in [0.25, 0.3) is 0 Å². The van der Waals surface area contributed by atoms with Crippen LogP contribution in [0.1, 0.15) is 40.0 Å². The lowest BCUT2D eigenvalue weighted by atomic mass is 10.1. The molecule has 2 atom stereocenters. The maximum Gasteiger partial charge on any atom is 0.225 e. The Kier molecular flexibility index (Phi) is 10.1. The summed E-state index contributed by atoms with van der Waals surface area (Å²) in [6.45, 7) is 12.4. The Labute approximate surface area is 170 Å². The minimum absolute atomic E-state index is 0. The van der Waals surface area contributed by atoms with Crippen molar-refractivity contribution in [2.24, 2.45) is 16.8 Å². The molecule has 6 nitrogen and oxygen atoms in total. The van der Waals surface area contributed by atoms with E-state index >= 15 is 0 Å². The van der Waals surface area contributed by atoms with Crippen molar-refractivity contribution >= 4 is 35.8 Å². The zero-order chi connectivity index (χ0) is 17.5. The second-order valence-corrected chi connectivity index (χ2v) is 7.48. The predicted molar refractivity (Wildman–Crippen MR) is 115 cm³/mol. The molecule has 2 aliphatic heterocycles. The number of carbonyl (C=O) groups excluding carboxylic acids is 1. The number of halogens is 1. The van der Waals surface area contributed by atoms with Gasteiger partial charge in [-0.2, -0.15) is 0 Å². The van der Waals surface area contributed by atoms with E-state index in [2.05, 4.69) is 27.4 Å². The number of hydrogen-bond donors (Lipinski definition) is 2. The zero-order valence-electron chi connectivity index (χ0n) is 16.3. The monoisotopic (exact) mass is 465 g/mol. The summed E-state index contributed by atoms with van der Waals surface area (Å²) in [4.78, 5) is 20.9. The van der Waals surface area contributed by atoms with Crippen molar-refractivity contribution in [2.75, 3.05) is 46.3 Å². The molecular weight excluding hydrogens is 429 g/mol. The van der Waals surface area contributed by atoms with Gasteiger partial charge in [-0.05, 0) is 38.3 Å². The number of rotatable bonds is 6. The summed E-state index contributed by atoms with van der Waals surface area (Å²) in [7, 11) is 1.82. The van der Waals surface area contributed by atoms with E-state index in [-0.39, 0.29) is 35.8 Å². The Morgan fingerprint density at radius 2 is 2.00 bits per heavy atom. The van der Waals surface area contributed by atoms with Gasteiger partial charge >= 0.3 is 0 Å². The van der Waals surface area contributed by atoms with Gasteiger partial charge in [-0.1, -0.05) is 20.8 Å². The van der Waals surface area contributed by atoms with Crippen LogP contribution in [-0.2, 0) is 4.79 Å². The highest BCUT2D eigenvalue weighted by Crippen LogP contribution is 2.15. The van der Waals surface area contributed by atoms with Crippen LogP contribution in [0.5, 0.6) is 0 Å². The van der Waals surface area contributed by atoms with Crippen LogP contribution in [0.3, 0.4) is 0 Å². The largest absolute Gasteiger partial charge is 0.356 e. The third-order valence-electron chi connectivity index (χ3n) is 5.03. The summed E-state index contributed by atoms with van der Waals surface area (Å²) in [6, 6.07) is 0.305. The first-order chi connectivity index (χ1) is 11.5. The van der Waals surface area contributed by atoms with E-state index in [1.165, 1.54) is 32.5 Å². The summed E-state index contributed by atoms with van der Waals surface area (Å²) in [5.41, 5.74) is 0. The lowest BCUT2D eigenvalue weighted by molar-refractivity contribution is -0.133. The van der Waals surface area contributed by atoms with Crippen molar-refractivity contribution in [1.82, 2.24) is 20.4 Å². The topological polar surface area (TPSA) is 60.0 Å². The average Bonchev–Trinajstić information content (AvgIpc) is 3.20. The molecule has 2 unspecified atom stereocenters. The van der Waals surface area contributed by atoms with Gasteiger partial charge in [0, 0.05) is 45.2 Å². The van der Waals surface area contributed by atoms with Crippen LogP contribution in [-0.4, -0.2) is 74.0 Å². The Balaban J connectivity index is 0.00000312. The summed E-state index contributed by atoms with van der Waals surface area (Å²) >= 11 is 0. The summed E-state index contributed by atoms with van der Waals surface area (Å²) in [6.07, 6.45) is 3.49. The van der Waals surface area contributed by atoms with E-state index in [4.69, 9.17) is 0 Å². The lowest BCUT2D eigenvalue weighted by Gasteiger charge is -2.21. The van der Waals surface area contributed by atoms with Gasteiger partial charge in [-0.25, -0.2) is 0 Å². The first-order valence-electron chi connectivity index (χ1n) is 9.51. The van der Waals surface area contributed by atoms with Crippen molar-refractivity contribution in [3.05, 3.63) is 0 Å². The van der Waals surface area contributed by atoms with E-state index in [0.29, 0.717) is 12.0 Å². The minimum Gasteiger partial charge on any atom is -0.356 e. The van der Waals surface area contributed by atoms with Crippen molar-refractivity contribution < 1.29 is 4.79 Å². The quantitative estimate of drug-likeness (QED) is 0.357. The first kappa shape index (κ1) is 22.5. The molecule has 0 aromatic heterocycles. The molecule has 2 aliphatic rings.